The minimum atomic E-state index is 0.0420. The highest BCUT2D eigenvalue weighted by molar-refractivity contribution is 7.13. The van der Waals surface area contributed by atoms with Gasteiger partial charge in [0.25, 0.3) is 0 Å². The third kappa shape index (κ3) is 2.47. The maximum absolute atomic E-state index is 12.2. The SMILES string of the molecule is Cc1csc(NC(=O)CN2CC3CNCC3C2(C)C)n1. The molecule has 2 aliphatic rings. The number of aromatic nitrogens is 1. The van der Waals surface area contributed by atoms with Crippen LogP contribution in [0.15, 0.2) is 5.38 Å². The van der Waals surface area contributed by atoms with Gasteiger partial charge < -0.3 is 10.6 Å². The third-order valence-corrected chi connectivity index (χ3v) is 5.59. The average Bonchev–Trinajstić information content (AvgIpc) is 3.01. The van der Waals surface area contributed by atoms with Crippen molar-refractivity contribution in [1.82, 2.24) is 15.2 Å². The minimum absolute atomic E-state index is 0.0420. The topological polar surface area (TPSA) is 57.3 Å². The monoisotopic (exact) mass is 294 g/mol. The summed E-state index contributed by atoms with van der Waals surface area (Å²) in [6.07, 6.45) is 0. The number of anilines is 1. The third-order valence-electron chi connectivity index (χ3n) is 4.72. The highest BCUT2D eigenvalue weighted by atomic mass is 32.1. The summed E-state index contributed by atoms with van der Waals surface area (Å²) in [6, 6.07) is 0. The molecule has 1 aromatic heterocycles. The Kier molecular flexibility index (Phi) is 3.56. The van der Waals surface area contributed by atoms with Crippen LogP contribution in [-0.4, -0.2) is 47.5 Å². The zero-order valence-corrected chi connectivity index (χ0v) is 13.1. The number of nitrogens with one attached hydrogen (secondary N) is 2. The predicted octanol–water partition coefficient (Wildman–Crippen LogP) is 1.32. The maximum atomic E-state index is 12.2. The van der Waals surface area contributed by atoms with Crippen molar-refractivity contribution in [1.29, 1.82) is 0 Å². The van der Waals surface area contributed by atoms with Gasteiger partial charge in [0, 0.05) is 24.0 Å². The molecule has 20 heavy (non-hydrogen) atoms. The van der Waals surface area contributed by atoms with E-state index >= 15 is 0 Å². The quantitative estimate of drug-likeness (QED) is 0.883. The van der Waals surface area contributed by atoms with Gasteiger partial charge in [0.05, 0.1) is 12.2 Å². The summed E-state index contributed by atoms with van der Waals surface area (Å²) in [5, 5.41) is 9.02. The number of likely N-dealkylation sites (tertiary alicyclic amines) is 1. The van der Waals surface area contributed by atoms with Gasteiger partial charge in [-0.05, 0) is 39.2 Å². The fourth-order valence-electron chi connectivity index (χ4n) is 3.52. The van der Waals surface area contributed by atoms with Crippen LogP contribution in [0.2, 0.25) is 0 Å². The van der Waals surface area contributed by atoms with Gasteiger partial charge in [-0.2, -0.15) is 0 Å². The standard InChI is InChI=1S/C14H22N4OS/c1-9-8-20-13(16-9)17-12(19)7-18-6-10-4-15-5-11(10)14(18,2)3/h8,10-11,15H,4-7H2,1-3H3,(H,16,17,19). The lowest BCUT2D eigenvalue weighted by Gasteiger charge is -2.35. The van der Waals surface area contributed by atoms with Gasteiger partial charge in [-0.25, -0.2) is 4.98 Å². The van der Waals surface area contributed by atoms with Crippen molar-refractivity contribution in [2.75, 3.05) is 31.5 Å². The molecule has 6 heteroatoms. The molecule has 3 rings (SSSR count). The minimum Gasteiger partial charge on any atom is -0.316 e. The Hall–Kier alpha value is -0.980. The Morgan fingerprint density at radius 3 is 3.05 bits per heavy atom. The van der Waals surface area contributed by atoms with Gasteiger partial charge in [0.1, 0.15) is 0 Å². The van der Waals surface area contributed by atoms with E-state index in [0.29, 0.717) is 23.5 Å². The van der Waals surface area contributed by atoms with E-state index in [1.807, 2.05) is 12.3 Å². The molecule has 0 spiro atoms. The second kappa shape index (κ2) is 5.09. The molecule has 0 aromatic carbocycles. The summed E-state index contributed by atoms with van der Waals surface area (Å²) in [7, 11) is 0. The number of carbonyl (C=O) groups is 1. The Morgan fingerprint density at radius 1 is 1.60 bits per heavy atom. The first-order valence-corrected chi connectivity index (χ1v) is 8.02. The largest absolute Gasteiger partial charge is 0.316 e. The van der Waals surface area contributed by atoms with E-state index in [0.717, 1.165) is 25.3 Å². The van der Waals surface area contributed by atoms with Gasteiger partial charge in [-0.15, -0.1) is 11.3 Å². The summed E-state index contributed by atoms with van der Waals surface area (Å²) < 4.78 is 0. The fraction of sp³-hybridized carbons (Fsp3) is 0.714. The summed E-state index contributed by atoms with van der Waals surface area (Å²) in [4.78, 5) is 18.8. The van der Waals surface area contributed by atoms with Crippen molar-refractivity contribution in [3.8, 4) is 0 Å². The molecule has 5 nitrogen and oxygen atoms in total. The first-order valence-electron chi connectivity index (χ1n) is 7.14. The van der Waals surface area contributed by atoms with Crippen molar-refractivity contribution in [2.45, 2.75) is 26.3 Å². The number of aryl methyl sites for hydroxylation is 1. The lowest BCUT2D eigenvalue weighted by atomic mass is 9.85. The Bertz CT molecular complexity index is 513. The Balaban J connectivity index is 1.62. The average molecular weight is 294 g/mol. The zero-order valence-electron chi connectivity index (χ0n) is 12.3. The van der Waals surface area contributed by atoms with Gasteiger partial charge in [0.2, 0.25) is 5.91 Å². The first-order chi connectivity index (χ1) is 9.46. The lowest BCUT2D eigenvalue weighted by Crippen LogP contribution is -2.47. The number of amides is 1. The molecule has 0 radical (unpaired) electrons. The number of fused-ring (bicyclic) bond motifs is 1. The predicted molar refractivity (Wildman–Crippen MR) is 81.0 cm³/mol. The van der Waals surface area contributed by atoms with Crippen molar-refractivity contribution in [3.63, 3.8) is 0 Å². The Morgan fingerprint density at radius 2 is 2.40 bits per heavy atom. The number of hydrogen-bond acceptors (Lipinski definition) is 5. The molecule has 0 aliphatic carbocycles. The molecule has 2 saturated heterocycles. The molecule has 110 valence electrons. The van der Waals surface area contributed by atoms with E-state index in [4.69, 9.17) is 0 Å². The van der Waals surface area contributed by atoms with Crippen LogP contribution in [-0.2, 0) is 4.79 Å². The normalized spacial score (nSPS) is 28.6. The van der Waals surface area contributed by atoms with Crippen LogP contribution in [0.25, 0.3) is 0 Å². The fourth-order valence-corrected chi connectivity index (χ4v) is 4.22. The second-order valence-electron chi connectivity index (χ2n) is 6.40. The van der Waals surface area contributed by atoms with Crippen LogP contribution in [0.3, 0.4) is 0 Å². The zero-order chi connectivity index (χ0) is 14.3. The lowest BCUT2D eigenvalue weighted by molar-refractivity contribution is -0.118. The van der Waals surface area contributed by atoms with Crippen LogP contribution in [0, 0.1) is 18.8 Å². The molecule has 0 bridgehead atoms. The maximum Gasteiger partial charge on any atom is 0.240 e. The van der Waals surface area contributed by atoms with Gasteiger partial charge in [-0.3, -0.25) is 9.69 Å². The smallest absolute Gasteiger partial charge is 0.240 e. The molecule has 1 amide bonds. The molecule has 2 atom stereocenters. The highest BCUT2D eigenvalue weighted by Gasteiger charge is 2.49. The highest BCUT2D eigenvalue weighted by Crippen LogP contribution is 2.40. The summed E-state index contributed by atoms with van der Waals surface area (Å²) in [5.74, 6) is 1.37. The molecular weight excluding hydrogens is 272 g/mol. The number of nitrogens with zero attached hydrogens (tertiary/aromatic N) is 2. The summed E-state index contributed by atoms with van der Waals surface area (Å²) in [6.45, 7) is 10.1. The van der Waals surface area contributed by atoms with Crippen molar-refractivity contribution < 1.29 is 4.79 Å². The van der Waals surface area contributed by atoms with Crippen LogP contribution in [0.4, 0.5) is 5.13 Å². The van der Waals surface area contributed by atoms with E-state index in [1.165, 1.54) is 11.3 Å². The molecule has 1 aromatic rings. The van der Waals surface area contributed by atoms with E-state index < -0.39 is 0 Å². The second-order valence-corrected chi connectivity index (χ2v) is 7.26. The number of hydrogen-bond donors (Lipinski definition) is 2. The number of carbonyl (C=O) groups excluding carboxylic acids is 1. The van der Waals surface area contributed by atoms with Crippen LogP contribution < -0.4 is 10.6 Å². The van der Waals surface area contributed by atoms with E-state index in [2.05, 4.69) is 34.4 Å². The van der Waals surface area contributed by atoms with Gasteiger partial charge >= 0.3 is 0 Å². The van der Waals surface area contributed by atoms with Gasteiger partial charge in [0.15, 0.2) is 5.13 Å². The van der Waals surface area contributed by atoms with E-state index in [-0.39, 0.29) is 11.4 Å². The van der Waals surface area contributed by atoms with Crippen molar-refractivity contribution >= 4 is 22.4 Å². The van der Waals surface area contributed by atoms with E-state index in [9.17, 15) is 4.79 Å². The molecule has 2 fully saturated rings. The van der Waals surface area contributed by atoms with Crippen LogP contribution in [0.1, 0.15) is 19.5 Å². The van der Waals surface area contributed by atoms with Crippen molar-refractivity contribution in [3.05, 3.63) is 11.1 Å². The van der Waals surface area contributed by atoms with E-state index in [1.54, 1.807) is 0 Å². The number of thiazole rings is 1. The summed E-state index contributed by atoms with van der Waals surface area (Å²) >= 11 is 1.48. The number of rotatable bonds is 3. The van der Waals surface area contributed by atoms with Crippen molar-refractivity contribution in [2.24, 2.45) is 11.8 Å². The molecule has 3 heterocycles. The first kappa shape index (κ1) is 14.0. The Labute approximate surface area is 123 Å². The molecule has 2 N–H and O–H groups in total. The van der Waals surface area contributed by atoms with Crippen LogP contribution >= 0.6 is 11.3 Å². The van der Waals surface area contributed by atoms with Gasteiger partial charge in [-0.1, -0.05) is 0 Å². The summed E-state index contributed by atoms with van der Waals surface area (Å²) in [5.41, 5.74) is 1.04. The van der Waals surface area contributed by atoms with Crippen LogP contribution in [0.5, 0.6) is 0 Å². The molecule has 2 unspecified atom stereocenters. The molecule has 2 aliphatic heterocycles. The molecule has 0 saturated carbocycles. The molecular formula is C14H22N4OS.